The molecule has 1 nitrogen and oxygen atoms in total. The van der Waals surface area contributed by atoms with Gasteiger partial charge in [-0.2, -0.15) is 0 Å². The van der Waals surface area contributed by atoms with Crippen LogP contribution in [-0.4, -0.2) is 0 Å². The van der Waals surface area contributed by atoms with Gasteiger partial charge in [0.1, 0.15) is 0 Å². The molecule has 0 fully saturated rings. The Morgan fingerprint density at radius 2 is 2.25 bits per heavy atom. The van der Waals surface area contributed by atoms with E-state index in [0.29, 0.717) is 0 Å². The Morgan fingerprint density at radius 1 is 1.38 bits per heavy atom. The van der Waals surface area contributed by atoms with Crippen LogP contribution in [0.5, 0.6) is 0 Å². The lowest BCUT2D eigenvalue weighted by atomic mass is 10.2. The smallest absolute Gasteiger partial charge is 0.0352 e. The molecule has 0 radical (unpaired) electrons. The standard InChI is InChI=1S/C7H7N/c8-7-4-5-1-2-6(7)3-5/h1-2,4H,3,8H2. The fourth-order valence-corrected chi connectivity index (χ4v) is 1.14. The van der Waals surface area contributed by atoms with Gasteiger partial charge in [-0.15, -0.1) is 0 Å². The van der Waals surface area contributed by atoms with E-state index in [1.165, 1.54) is 11.1 Å². The van der Waals surface area contributed by atoms with Crippen LogP contribution in [0.3, 0.4) is 0 Å². The predicted octanol–water partition coefficient (Wildman–Crippen LogP) is 1.10. The summed E-state index contributed by atoms with van der Waals surface area (Å²) in [5, 5.41) is 0. The molecule has 1 heteroatoms. The van der Waals surface area contributed by atoms with Gasteiger partial charge in [0, 0.05) is 5.70 Å². The minimum atomic E-state index is 0.961. The van der Waals surface area contributed by atoms with E-state index in [4.69, 9.17) is 5.73 Å². The average Bonchev–Trinajstić information content (AvgIpc) is 2.23. The lowest BCUT2D eigenvalue weighted by Gasteiger charge is -1.90. The number of nitrogens with two attached hydrogens (primary N) is 1. The van der Waals surface area contributed by atoms with Crippen molar-refractivity contribution in [1.29, 1.82) is 0 Å². The van der Waals surface area contributed by atoms with Crippen molar-refractivity contribution < 1.29 is 0 Å². The van der Waals surface area contributed by atoms with Gasteiger partial charge in [0.2, 0.25) is 0 Å². The van der Waals surface area contributed by atoms with Crippen LogP contribution in [0, 0.1) is 0 Å². The molecule has 2 N–H and O–H groups in total. The topological polar surface area (TPSA) is 26.0 Å². The first-order valence-corrected chi connectivity index (χ1v) is 2.73. The molecule has 0 aromatic rings. The van der Waals surface area contributed by atoms with E-state index in [-0.39, 0.29) is 0 Å². The maximum Gasteiger partial charge on any atom is 0.0352 e. The molecule has 0 unspecified atom stereocenters. The molecule has 0 spiro atoms. The third-order valence-corrected chi connectivity index (χ3v) is 1.60. The van der Waals surface area contributed by atoms with Crippen molar-refractivity contribution in [2.45, 2.75) is 6.42 Å². The van der Waals surface area contributed by atoms with Gasteiger partial charge in [0.05, 0.1) is 0 Å². The van der Waals surface area contributed by atoms with E-state index >= 15 is 0 Å². The van der Waals surface area contributed by atoms with Gasteiger partial charge in [0.15, 0.2) is 0 Å². The van der Waals surface area contributed by atoms with Crippen molar-refractivity contribution in [2.75, 3.05) is 0 Å². The van der Waals surface area contributed by atoms with Crippen molar-refractivity contribution in [3.63, 3.8) is 0 Å². The zero-order valence-electron chi connectivity index (χ0n) is 4.52. The highest BCUT2D eigenvalue weighted by molar-refractivity contribution is 5.53. The molecule has 0 aromatic carbocycles. The number of hydrogen-bond acceptors (Lipinski definition) is 1. The first-order valence-electron chi connectivity index (χ1n) is 2.73. The monoisotopic (exact) mass is 105 g/mol. The molecule has 2 aliphatic carbocycles. The van der Waals surface area contributed by atoms with Crippen LogP contribution < -0.4 is 5.73 Å². The van der Waals surface area contributed by atoms with E-state index < -0.39 is 0 Å². The first kappa shape index (κ1) is 3.96. The highest BCUT2D eigenvalue weighted by Crippen LogP contribution is 2.30. The minimum Gasteiger partial charge on any atom is -0.398 e. The van der Waals surface area contributed by atoms with E-state index in [2.05, 4.69) is 12.2 Å². The van der Waals surface area contributed by atoms with Gasteiger partial charge in [-0.05, 0) is 23.6 Å². The Hall–Kier alpha value is -0.980. The summed E-state index contributed by atoms with van der Waals surface area (Å²) in [7, 11) is 0. The van der Waals surface area contributed by atoms with Crippen molar-refractivity contribution in [2.24, 2.45) is 5.73 Å². The number of rotatable bonds is 0. The molecule has 0 atom stereocenters. The van der Waals surface area contributed by atoms with Crippen molar-refractivity contribution in [3.05, 3.63) is 35.1 Å². The Bertz CT molecular complexity index is 219. The van der Waals surface area contributed by atoms with Gasteiger partial charge in [-0.25, -0.2) is 0 Å². The van der Waals surface area contributed by atoms with Gasteiger partial charge in [-0.1, -0.05) is 12.2 Å². The Morgan fingerprint density at radius 3 is 2.50 bits per heavy atom. The van der Waals surface area contributed by atoms with Crippen molar-refractivity contribution in [1.82, 2.24) is 0 Å². The van der Waals surface area contributed by atoms with E-state index in [1.807, 2.05) is 6.08 Å². The van der Waals surface area contributed by atoms with Crippen LogP contribution in [0.4, 0.5) is 0 Å². The summed E-state index contributed by atoms with van der Waals surface area (Å²) in [5.41, 5.74) is 9.18. The largest absolute Gasteiger partial charge is 0.398 e. The lowest BCUT2D eigenvalue weighted by Crippen LogP contribution is -1.93. The molecule has 40 valence electrons. The summed E-state index contributed by atoms with van der Waals surface area (Å²) in [4.78, 5) is 0. The fourth-order valence-electron chi connectivity index (χ4n) is 1.14. The van der Waals surface area contributed by atoms with Crippen molar-refractivity contribution in [3.8, 4) is 0 Å². The van der Waals surface area contributed by atoms with E-state index in [0.717, 1.165) is 12.1 Å². The number of hydrogen-bond donors (Lipinski definition) is 1. The quantitative estimate of drug-likeness (QED) is 0.490. The third-order valence-electron chi connectivity index (χ3n) is 1.60. The molecule has 0 heterocycles. The van der Waals surface area contributed by atoms with Crippen LogP contribution in [0.25, 0.3) is 0 Å². The van der Waals surface area contributed by atoms with Gasteiger partial charge < -0.3 is 5.73 Å². The maximum absolute atomic E-state index is 5.57. The number of fused-ring (bicyclic) bond motifs is 2. The SMILES string of the molecule is NC1=C2C=CC(=C1)C2. The Kier molecular flexibility index (Phi) is 0.519. The van der Waals surface area contributed by atoms with E-state index in [9.17, 15) is 0 Å². The average molecular weight is 105 g/mol. The molecule has 0 aliphatic heterocycles. The summed E-state index contributed by atoms with van der Waals surface area (Å²) in [6, 6.07) is 0. The zero-order valence-corrected chi connectivity index (χ0v) is 4.52. The molecule has 0 saturated carbocycles. The van der Waals surface area contributed by atoms with Gasteiger partial charge >= 0.3 is 0 Å². The molecule has 2 bridgehead atoms. The van der Waals surface area contributed by atoms with Crippen molar-refractivity contribution >= 4 is 0 Å². The highest BCUT2D eigenvalue weighted by atomic mass is 14.6. The van der Waals surface area contributed by atoms with Crippen LogP contribution >= 0.6 is 0 Å². The summed E-state index contributed by atoms with van der Waals surface area (Å²) in [5.74, 6) is 0. The van der Waals surface area contributed by atoms with Gasteiger partial charge in [0.25, 0.3) is 0 Å². The van der Waals surface area contributed by atoms with Crippen LogP contribution in [-0.2, 0) is 0 Å². The third kappa shape index (κ3) is 0.316. The first-order chi connectivity index (χ1) is 3.86. The summed E-state index contributed by atoms with van der Waals surface area (Å²) in [6.07, 6.45) is 7.32. The normalized spacial score (nSPS) is 22.8. The van der Waals surface area contributed by atoms with Crippen LogP contribution in [0.1, 0.15) is 6.42 Å². The highest BCUT2D eigenvalue weighted by Gasteiger charge is 2.13. The lowest BCUT2D eigenvalue weighted by molar-refractivity contribution is 1.29. The second kappa shape index (κ2) is 1.05. The minimum absolute atomic E-state index is 0.961. The van der Waals surface area contributed by atoms with Crippen LogP contribution in [0.2, 0.25) is 0 Å². The second-order valence-corrected chi connectivity index (χ2v) is 2.21. The zero-order chi connectivity index (χ0) is 5.56. The summed E-state index contributed by atoms with van der Waals surface area (Å²) >= 11 is 0. The predicted molar refractivity (Wildman–Crippen MR) is 33.1 cm³/mol. The molecule has 2 rings (SSSR count). The molecule has 0 saturated heterocycles. The van der Waals surface area contributed by atoms with Crippen LogP contribution in [0.15, 0.2) is 35.1 Å². The number of allylic oxidation sites excluding steroid dienone is 5. The molecule has 0 amide bonds. The molecular weight excluding hydrogens is 98.1 g/mol. The summed E-state index contributed by atoms with van der Waals surface area (Å²) in [6.45, 7) is 0. The molecule has 8 heavy (non-hydrogen) atoms. The second-order valence-electron chi connectivity index (χ2n) is 2.21. The van der Waals surface area contributed by atoms with Gasteiger partial charge in [-0.3, -0.25) is 0 Å². The Balaban J connectivity index is 2.63. The summed E-state index contributed by atoms with van der Waals surface area (Å²) < 4.78 is 0. The maximum atomic E-state index is 5.57. The molecular formula is C7H7N. The molecule has 2 aliphatic rings. The molecule has 0 aromatic heterocycles. The fraction of sp³-hybridized carbons (Fsp3) is 0.143. The Labute approximate surface area is 48.2 Å². The van der Waals surface area contributed by atoms with E-state index in [1.54, 1.807) is 0 Å².